The number of benzene rings is 2. The first kappa shape index (κ1) is 17.9. The number of nitrogens with two attached hydrogens (primary N) is 1. The summed E-state index contributed by atoms with van der Waals surface area (Å²) in [5, 5.41) is 12.4. The molecule has 1 saturated carbocycles. The molecule has 0 aromatic heterocycles. The zero-order chi connectivity index (χ0) is 18.3. The number of aliphatic carboxylic acids is 1. The van der Waals surface area contributed by atoms with Gasteiger partial charge >= 0.3 is 5.97 Å². The lowest BCUT2D eigenvalue weighted by molar-refractivity contribution is -0.166. The van der Waals surface area contributed by atoms with Crippen LogP contribution in [-0.4, -0.2) is 11.1 Å². The summed E-state index contributed by atoms with van der Waals surface area (Å²) >= 11 is 0. The van der Waals surface area contributed by atoms with Crippen LogP contribution in [0.4, 0.5) is 0 Å². The van der Waals surface area contributed by atoms with Gasteiger partial charge in [-0.05, 0) is 36.1 Å². The van der Waals surface area contributed by atoms with Crippen molar-refractivity contribution in [2.24, 2.45) is 16.6 Å². The van der Waals surface area contributed by atoms with E-state index in [0.717, 1.165) is 35.6 Å². The average Bonchev–Trinajstić information content (AvgIpc) is 2.61. The van der Waals surface area contributed by atoms with E-state index in [2.05, 4.69) is 24.3 Å². The summed E-state index contributed by atoms with van der Waals surface area (Å²) in [4.78, 5) is 12.4. The Labute approximate surface area is 150 Å². The molecule has 134 valence electrons. The van der Waals surface area contributed by atoms with Crippen LogP contribution in [0.5, 0.6) is 0 Å². The summed E-state index contributed by atoms with van der Waals surface area (Å²) in [6.45, 7) is 6.11. The molecule has 1 aliphatic rings. The smallest absolute Gasteiger partial charge is 0.310 e. The molecule has 1 fully saturated rings. The maximum absolute atomic E-state index is 12.4. The van der Waals surface area contributed by atoms with E-state index < -0.39 is 22.3 Å². The fourth-order valence-electron chi connectivity index (χ4n) is 4.77. The first-order valence-electron chi connectivity index (χ1n) is 9.24. The van der Waals surface area contributed by atoms with E-state index in [1.54, 1.807) is 0 Å². The Kier molecular flexibility index (Phi) is 4.40. The Morgan fingerprint density at radius 3 is 2.24 bits per heavy atom. The Morgan fingerprint density at radius 2 is 1.60 bits per heavy atom. The highest BCUT2D eigenvalue weighted by Crippen LogP contribution is 2.57. The molecule has 0 aliphatic heterocycles. The molecular formula is C22H29NO2. The van der Waals surface area contributed by atoms with Gasteiger partial charge in [0.15, 0.2) is 0 Å². The maximum Gasteiger partial charge on any atom is 0.310 e. The largest absolute Gasteiger partial charge is 0.481 e. The predicted octanol–water partition coefficient (Wildman–Crippen LogP) is 5.08. The molecule has 2 aromatic rings. The second-order valence-electron chi connectivity index (χ2n) is 8.30. The zero-order valence-electron chi connectivity index (χ0n) is 15.5. The minimum atomic E-state index is -0.786. The third-order valence-electron chi connectivity index (χ3n) is 6.96. The fourth-order valence-corrected chi connectivity index (χ4v) is 4.77. The highest BCUT2D eigenvalue weighted by atomic mass is 16.4. The van der Waals surface area contributed by atoms with Gasteiger partial charge in [0.05, 0.1) is 5.41 Å². The molecule has 1 aliphatic carbocycles. The van der Waals surface area contributed by atoms with Crippen LogP contribution < -0.4 is 5.73 Å². The van der Waals surface area contributed by atoms with Crippen molar-refractivity contribution >= 4 is 16.7 Å². The van der Waals surface area contributed by atoms with Crippen LogP contribution in [0.25, 0.3) is 10.8 Å². The number of carboxylic acid groups (broad SMARTS) is 1. The summed E-state index contributed by atoms with van der Waals surface area (Å²) in [5.74, 6) is -0.700. The van der Waals surface area contributed by atoms with Gasteiger partial charge in [0, 0.05) is 11.0 Å². The van der Waals surface area contributed by atoms with Gasteiger partial charge in [-0.3, -0.25) is 4.79 Å². The predicted molar refractivity (Wildman–Crippen MR) is 102 cm³/mol. The second-order valence-corrected chi connectivity index (χ2v) is 8.30. The molecule has 3 rings (SSSR count). The van der Waals surface area contributed by atoms with E-state index >= 15 is 0 Å². The van der Waals surface area contributed by atoms with Crippen molar-refractivity contribution in [3.05, 3.63) is 48.0 Å². The maximum atomic E-state index is 12.4. The Bertz CT molecular complexity index is 780. The molecule has 0 bridgehead atoms. The van der Waals surface area contributed by atoms with Gasteiger partial charge in [-0.25, -0.2) is 0 Å². The molecule has 0 radical (unpaired) electrons. The van der Waals surface area contributed by atoms with Crippen LogP contribution >= 0.6 is 0 Å². The molecule has 3 nitrogen and oxygen atoms in total. The standard InChI is InChI=1S/C22H29NO2/c1-20(2,22(19(24)25)14-7-4-8-15-22)21(3,23)18-13-9-11-16-10-5-6-12-17(16)18/h5-6,9-13H,4,7-8,14-15,23H2,1-3H3,(H,24,25)/t21-/m1/s1. The number of rotatable bonds is 4. The van der Waals surface area contributed by atoms with Gasteiger partial charge in [0.2, 0.25) is 0 Å². The van der Waals surface area contributed by atoms with Crippen molar-refractivity contribution in [2.75, 3.05) is 0 Å². The van der Waals surface area contributed by atoms with E-state index in [-0.39, 0.29) is 0 Å². The van der Waals surface area contributed by atoms with Crippen LogP contribution in [-0.2, 0) is 10.3 Å². The van der Waals surface area contributed by atoms with E-state index in [4.69, 9.17) is 5.73 Å². The zero-order valence-corrected chi connectivity index (χ0v) is 15.5. The lowest BCUT2D eigenvalue weighted by Gasteiger charge is -2.54. The summed E-state index contributed by atoms with van der Waals surface area (Å²) in [6, 6.07) is 14.4. The van der Waals surface area contributed by atoms with Crippen LogP contribution in [0, 0.1) is 10.8 Å². The minimum Gasteiger partial charge on any atom is -0.481 e. The van der Waals surface area contributed by atoms with E-state index in [1.807, 2.05) is 39.0 Å². The van der Waals surface area contributed by atoms with Crippen molar-refractivity contribution in [3.8, 4) is 0 Å². The number of carboxylic acids is 1. The van der Waals surface area contributed by atoms with Crippen LogP contribution in [0.2, 0.25) is 0 Å². The van der Waals surface area contributed by atoms with Gasteiger partial charge in [-0.2, -0.15) is 0 Å². The minimum absolute atomic E-state index is 0.587. The normalized spacial score (nSPS) is 20.2. The Balaban J connectivity index is 2.18. The topological polar surface area (TPSA) is 63.3 Å². The fraction of sp³-hybridized carbons (Fsp3) is 0.500. The van der Waals surface area contributed by atoms with Crippen LogP contribution in [0.3, 0.4) is 0 Å². The SMILES string of the molecule is CC(C)(C1(C(=O)O)CCCCC1)[C@](C)(N)c1cccc2ccccc12. The molecule has 3 N–H and O–H groups in total. The van der Waals surface area contributed by atoms with Crippen LogP contribution in [0.15, 0.2) is 42.5 Å². The third-order valence-corrected chi connectivity index (χ3v) is 6.96. The molecule has 3 heteroatoms. The Hall–Kier alpha value is -1.87. The van der Waals surface area contributed by atoms with Crippen molar-refractivity contribution < 1.29 is 9.90 Å². The summed E-state index contributed by atoms with van der Waals surface area (Å²) in [6.07, 6.45) is 4.43. The molecule has 25 heavy (non-hydrogen) atoms. The number of fused-ring (bicyclic) bond motifs is 1. The van der Waals surface area contributed by atoms with Crippen LogP contribution in [0.1, 0.15) is 58.4 Å². The molecule has 0 saturated heterocycles. The van der Waals surface area contributed by atoms with E-state index in [0.29, 0.717) is 12.8 Å². The molecule has 0 amide bonds. The monoisotopic (exact) mass is 339 g/mol. The lowest BCUT2D eigenvalue weighted by atomic mass is 9.50. The summed E-state index contributed by atoms with van der Waals surface area (Å²) in [5.41, 5.74) is 5.87. The van der Waals surface area contributed by atoms with Gasteiger partial charge in [0.1, 0.15) is 0 Å². The molecule has 0 unspecified atom stereocenters. The van der Waals surface area contributed by atoms with Crippen molar-refractivity contribution in [2.45, 2.75) is 58.4 Å². The van der Waals surface area contributed by atoms with Crippen molar-refractivity contribution in [3.63, 3.8) is 0 Å². The van der Waals surface area contributed by atoms with E-state index in [1.165, 1.54) is 0 Å². The number of hydrogen-bond acceptors (Lipinski definition) is 2. The summed E-state index contributed by atoms with van der Waals surface area (Å²) < 4.78 is 0. The first-order valence-corrected chi connectivity index (χ1v) is 9.24. The molecule has 0 heterocycles. The van der Waals surface area contributed by atoms with Gasteiger partial charge < -0.3 is 10.8 Å². The average molecular weight is 339 g/mol. The van der Waals surface area contributed by atoms with Crippen molar-refractivity contribution in [1.29, 1.82) is 0 Å². The Morgan fingerprint density at radius 1 is 1.00 bits per heavy atom. The van der Waals surface area contributed by atoms with Gasteiger partial charge in [-0.1, -0.05) is 75.6 Å². The summed E-state index contributed by atoms with van der Waals surface area (Å²) in [7, 11) is 0. The lowest BCUT2D eigenvalue weighted by Crippen LogP contribution is -2.59. The first-order chi connectivity index (χ1) is 11.7. The van der Waals surface area contributed by atoms with E-state index in [9.17, 15) is 9.90 Å². The molecule has 1 atom stereocenters. The highest BCUT2D eigenvalue weighted by molar-refractivity contribution is 5.87. The quantitative estimate of drug-likeness (QED) is 0.817. The van der Waals surface area contributed by atoms with Crippen molar-refractivity contribution in [1.82, 2.24) is 0 Å². The second kappa shape index (κ2) is 6.14. The molecular weight excluding hydrogens is 310 g/mol. The third kappa shape index (κ3) is 2.56. The van der Waals surface area contributed by atoms with Gasteiger partial charge in [-0.15, -0.1) is 0 Å². The highest BCUT2D eigenvalue weighted by Gasteiger charge is 2.58. The molecule has 0 spiro atoms. The number of hydrogen-bond donors (Lipinski definition) is 2. The number of carbonyl (C=O) groups is 1. The van der Waals surface area contributed by atoms with Gasteiger partial charge in [0.25, 0.3) is 0 Å². The molecule has 2 aromatic carbocycles.